The second-order valence-corrected chi connectivity index (χ2v) is 3.96. The maximum Gasteiger partial charge on any atom is 0.309 e. The molecule has 0 aromatic heterocycles. The van der Waals surface area contributed by atoms with E-state index in [0.717, 1.165) is 0 Å². The van der Waals surface area contributed by atoms with Crippen LogP contribution in [-0.4, -0.2) is 24.0 Å². The molecule has 0 aliphatic rings. The SMILES string of the molecule is CCN(CC)C(F)(F)C(C)(C)C. The molecule has 0 radical (unpaired) electrons. The van der Waals surface area contributed by atoms with Crippen LogP contribution in [0, 0.1) is 5.41 Å². The molecule has 3 heteroatoms. The average molecular weight is 179 g/mol. The van der Waals surface area contributed by atoms with Crippen LogP contribution in [0.4, 0.5) is 8.78 Å². The molecule has 0 aliphatic carbocycles. The molecule has 0 fully saturated rings. The lowest BCUT2D eigenvalue weighted by atomic mass is 9.92. The normalized spacial score (nSPS) is 14.0. The minimum absolute atomic E-state index is 0.390. The topological polar surface area (TPSA) is 3.24 Å². The molecule has 0 aromatic rings. The molecule has 0 atom stereocenters. The zero-order chi connectivity index (χ0) is 9.99. The zero-order valence-electron chi connectivity index (χ0n) is 8.62. The predicted molar refractivity (Wildman–Crippen MR) is 47.3 cm³/mol. The molecular formula is C9H19F2N. The smallest absolute Gasteiger partial charge is 0.245 e. The van der Waals surface area contributed by atoms with Crippen LogP contribution in [0.3, 0.4) is 0 Å². The van der Waals surface area contributed by atoms with Crippen molar-refractivity contribution >= 4 is 0 Å². The lowest BCUT2D eigenvalue weighted by Gasteiger charge is -2.38. The summed E-state index contributed by atoms with van der Waals surface area (Å²) >= 11 is 0. The average Bonchev–Trinajstić information content (AvgIpc) is 1.87. The molecule has 0 spiro atoms. The van der Waals surface area contributed by atoms with Crippen molar-refractivity contribution in [3.63, 3.8) is 0 Å². The summed E-state index contributed by atoms with van der Waals surface area (Å²) in [7, 11) is 0. The molecular weight excluding hydrogens is 160 g/mol. The fourth-order valence-electron chi connectivity index (χ4n) is 1.10. The third-order valence-corrected chi connectivity index (χ3v) is 2.06. The maximum atomic E-state index is 13.5. The van der Waals surface area contributed by atoms with Gasteiger partial charge in [0.05, 0.1) is 0 Å². The van der Waals surface area contributed by atoms with Gasteiger partial charge in [-0.05, 0) is 0 Å². The van der Waals surface area contributed by atoms with Crippen LogP contribution in [0.25, 0.3) is 0 Å². The third-order valence-electron chi connectivity index (χ3n) is 2.06. The van der Waals surface area contributed by atoms with Crippen LogP contribution in [0.2, 0.25) is 0 Å². The molecule has 12 heavy (non-hydrogen) atoms. The standard InChI is InChI=1S/C9H19F2N/c1-6-12(7-2)9(10,11)8(3,4)5/h6-7H2,1-5H3. The van der Waals surface area contributed by atoms with E-state index >= 15 is 0 Å². The van der Waals surface area contributed by atoms with Crippen LogP contribution >= 0.6 is 0 Å². The largest absolute Gasteiger partial charge is 0.309 e. The van der Waals surface area contributed by atoms with Gasteiger partial charge in [0.2, 0.25) is 0 Å². The summed E-state index contributed by atoms with van der Waals surface area (Å²) in [6.07, 6.45) is 0. The van der Waals surface area contributed by atoms with Crippen molar-refractivity contribution in [2.75, 3.05) is 13.1 Å². The predicted octanol–water partition coefficient (Wildman–Crippen LogP) is 2.97. The number of hydrogen-bond donors (Lipinski definition) is 0. The molecule has 0 N–H and O–H groups in total. The van der Waals surface area contributed by atoms with Gasteiger partial charge >= 0.3 is 6.05 Å². The van der Waals surface area contributed by atoms with Gasteiger partial charge < -0.3 is 0 Å². The van der Waals surface area contributed by atoms with E-state index in [1.165, 1.54) is 4.90 Å². The van der Waals surface area contributed by atoms with Crippen LogP contribution in [0.15, 0.2) is 0 Å². The molecule has 0 aliphatic heterocycles. The van der Waals surface area contributed by atoms with Crippen molar-refractivity contribution in [1.29, 1.82) is 0 Å². The van der Waals surface area contributed by atoms with Gasteiger partial charge in [-0.3, -0.25) is 0 Å². The molecule has 0 saturated heterocycles. The summed E-state index contributed by atoms with van der Waals surface area (Å²) in [4.78, 5) is 1.19. The zero-order valence-corrected chi connectivity index (χ0v) is 8.62. The van der Waals surface area contributed by atoms with Gasteiger partial charge in [-0.2, -0.15) is 8.78 Å². The highest BCUT2D eigenvalue weighted by atomic mass is 19.3. The minimum atomic E-state index is -2.71. The van der Waals surface area contributed by atoms with E-state index in [2.05, 4.69) is 0 Å². The second-order valence-electron chi connectivity index (χ2n) is 3.96. The van der Waals surface area contributed by atoms with Gasteiger partial charge in [0.25, 0.3) is 0 Å². The number of nitrogens with zero attached hydrogens (tertiary/aromatic N) is 1. The highest BCUT2D eigenvalue weighted by molar-refractivity contribution is 4.80. The van der Waals surface area contributed by atoms with Gasteiger partial charge in [0.15, 0.2) is 0 Å². The number of rotatable bonds is 3. The third kappa shape index (κ3) is 2.16. The van der Waals surface area contributed by atoms with Crippen molar-refractivity contribution in [3.05, 3.63) is 0 Å². The molecule has 0 aromatic carbocycles. The Morgan fingerprint density at radius 1 is 1.00 bits per heavy atom. The fourth-order valence-corrected chi connectivity index (χ4v) is 1.10. The monoisotopic (exact) mass is 179 g/mol. The van der Waals surface area contributed by atoms with Gasteiger partial charge in [-0.15, -0.1) is 0 Å². The highest BCUT2D eigenvalue weighted by Gasteiger charge is 2.46. The fraction of sp³-hybridized carbons (Fsp3) is 1.00. The van der Waals surface area contributed by atoms with E-state index in [1.54, 1.807) is 34.6 Å². The summed E-state index contributed by atoms with van der Waals surface area (Å²) in [5, 5.41) is 0. The maximum absolute atomic E-state index is 13.5. The van der Waals surface area contributed by atoms with Crippen molar-refractivity contribution in [3.8, 4) is 0 Å². The lowest BCUT2D eigenvalue weighted by molar-refractivity contribution is -0.211. The van der Waals surface area contributed by atoms with Crippen molar-refractivity contribution in [1.82, 2.24) is 4.90 Å². The van der Waals surface area contributed by atoms with E-state index < -0.39 is 11.5 Å². The summed E-state index contributed by atoms with van der Waals surface area (Å²) in [6, 6.07) is -2.71. The molecule has 0 saturated carbocycles. The lowest BCUT2D eigenvalue weighted by Crippen LogP contribution is -2.50. The Bertz CT molecular complexity index is 134. The highest BCUT2D eigenvalue weighted by Crippen LogP contribution is 2.38. The van der Waals surface area contributed by atoms with Gasteiger partial charge in [-0.25, -0.2) is 4.90 Å². The molecule has 0 bridgehead atoms. The second kappa shape index (κ2) is 3.69. The molecule has 0 unspecified atom stereocenters. The molecule has 0 amide bonds. The Labute approximate surface area is 73.7 Å². The van der Waals surface area contributed by atoms with Crippen LogP contribution in [0.5, 0.6) is 0 Å². The van der Waals surface area contributed by atoms with Crippen LogP contribution < -0.4 is 0 Å². The van der Waals surface area contributed by atoms with Crippen LogP contribution in [-0.2, 0) is 0 Å². The first-order chi connectivity index (χ1) is 5.27. The molecule has 0 rings (SSSR count). The van der Waals surface area contributed by atoms with Gasteiger partial charge in [0, 0.05) is 18.5 Å². The van der Waals surface area contributed by atoms with E-state index in [9.17, 15) is 8.78 Å². The van der Waals surface area contributed by atoms with Crippen LogP contribution in [0.1, 0.15) is 34.6 Å². The van der Waals surface area contributed by atoms with Crippen molar-refractivity contribution < 1.29 is 8.78 Å². The quantitative estimate of drug-likeness (QED) is 0.602. The summed E-state index contributed by atoms with van der Waals surface area (Å²) < 4.78 is 27.0. The summed E-state index contributed by atoms with van der Waals surface area (Å²) in [5.41, 5.74) is -0.987. The first-order valence-electron chi connectivity index (χ1n) is 4.40. The molecule has 1 nitrogen and oxygen atoms in total. The number of alkyl halides is 2. The minimum Gasteiger partial charge on any atom is -0.245 e. The Hall–Kier alpha value is -0.180. The van der Waals surface area contributed by atoms with Crippen molar-refractivity contribution in [2.24, 2.45) is 5.41 Å². The van der Waals surface area contributed by atoms with E-state index in [1.807, 2.05) is 0 Å². The van der Waals surface area contributed by atoms with Gasteiger partial charge in [-0.1, -0.05) is 34.6 Å². The Balaban J connectivity index is 4.57. The Morgan fingerprint density at radius 2 is 1.33 bits per heavy atom. The molecule has 0 heterocycles. The van der Waals surface area contributed by atoms with Gasteiger partial charge in [0.1, 0.15) is 0 Å². The summed E-state index contributed by atoms with van der Waals surface area (Å²) in [5.74, 6) is 0. The number of hydrogen-bond acceptors (Lipinski definition) is 1. The van der Waals surface area contributed by atoms with E-state index in [4.69, 9.17) is 0 Å². The first kappa shape index (κ1) is 11.8. The first-order valence-corrected chi connectivity index (χ1v) is 4.40. The summed E-state index contributed by atoms with van der Waals surface area (Å²) in [6.45, 7) is 8.97. The van der Waals surface area contributed by atoms with E-state index in [0.29, 0.717) is 13.1 Å². The molecule has 74 valence electrons. The van der Waals surface area contributed by atoms with Crippen molar-refractivity contribution in [2.45, 2.75) is 40.7 Å². The number of halogens is 2. The van der Waals surface area contributed by atoms with E-state index in [-0.39, 0.29) is 0 Å². The Morgan fingerprint density at radius 3 is 1.42 bits per heavy atom. The Kier molecular flexibility index (Phi) is 3.63.